The topological polar surface area (TPSA) is 114 Å². The van der Waals surface area contributed by atoms with E-state index in [9.17, 15) is 14.7 Å². The highest BCUT2D eigenvalue weighted by Gasteiger charge is 2.45. The van der Waals surface area contributed by atoms with Crippen LogP contribution in [0.5, 0.6) is 5.75 Å². The number of hydrogen-bond acceptors (Lipinski definition) is 5. The number of fused-ring (bicyclic) bond motifs is 1. The predicted molar refractivity (Wildman–Crippen MR) is 129 cm³/mol. The normalized spacial score (nSPS) is 16.6. The molecule has 0 spiro atoms. The molecule has 0 fully saturated rings. The molecule has 0 radical (unpaired) electrons. The fourth-order valence-electron chi connectivity index (χ4n) is 3.91. The van der Waals surface area contributed by atoms with Crippen molar-refractivity contribution in [2.45, 2.75) is 25.6 Å². The molecule has 1 aliphatic heterocycles. The lowest BCUT2D eigenvalue weighted by Gasteiger charge is -2.35. The molecular weight excluding hydrogens is 465 g/mol. The van der Waals surface area contributed by atoms with Gasteiger partial charge < -0.3 is 26.2 Å². The van der Waals surface area contributed by atoms with Crippen molar-refractivity contribution in [1.29, 1.82) is 0 Å². The average Bonchev–Trinajstić information content (AvgIpc) is 3.12. The van der Waals surface area contributed by atoms with Gasteiger partial charge in [0.15, 0.2) is 5.66 Å². The van der Waals surface area contributed by atoms with Crippen LogP contribution >= 0.6 is 23.2 Å². The van der Waals surface area contributed by atoms with Crippen LogP contribution in [-0.4, -0.2) is 23.1 Å². The second-order valence-corrected chi connectivity index (χ2v) is 8.72. The molecule has 7 nitrogen and oxygen atoms in total. The molecule has 1 amide bonds. The minimum atomic E-state index is -1.23. The molecule has 33 heavy (non-hydrogen) atoms. The van der Waals surface area contributed by atoms with Gasteiger partial charge in [-0.05, 0) is 62.4 Å². The van der Waals surface area contributed by atoms with Gasteiger partial charge in [0.25, 0.3) is 0 Å². The Balaban J connectivity index is 2.00. The summed E-state index contributed by atoms with van der Waals surface area (Å²) in [5.41, 5.74) is 6.96. The third kappa shape index (κ3) is 4.05. The van der Waals surface area contributed by atoms with Crippen molar-refractivity contribution < 1.29 is 19.4 Å². The van der Waals surface area contributed by atoms with Gasteiger partial charge >= 0.3 is 5.97 Å². The second kappa shape index (κ2) is 8.50. The Bertz CT molecular complexity index is 1260. The number of carboxylic acid groups (broad SMARTS) is 1. The molecular formula is C24H21Cl2N3O4. The van der Waals surface area contributed by atoms with Crippen LogP contribution in [0.25, 0.3) is 0 Å². The Morgan fingerprint density at radius 3 is 2.21 bits per heavy atom. The van der Waals surface area contributed by atoms with Crippen LogP contribution < -0.4 is 21.1 Å². The Morgan fingerprint density at radius 1 is 0.970 bits per heavy atom. The van der Waals surface area contributed by atoms with Crippen molar-refractivity contribution in [2.24, 2.45) is 5.73 Å². The molecule has 9 heteroatoms. The van der Waals surface area contributed by atoms with E-state index in [-0.39, 0.29) is 17.2 Å². The number of amides is 1. The summed E-state index contributed by atoms with van der Waals surface area (Å²) in [7, 11) is 0. The number of carboxylic acids is 1. The fraction of sp³-hybridized carbons (Fsp3) is 0.167. The van der Waals surface area contributed by atoms with Gasteiger partial charge in [0.1, 0.15) is 5.75 Å². The fourth-order valence-corrected chi connectivity index (χ4v) is 4.59. The molecule has 3 aromatic carbocycles. The summed E-state index contributed by atoms with van der Waals surface area (Å²) in [4.78, 5) is 23.4. The molecule has 3 aromatic rings. The zero-order valence-corrected chi connectivity index (χ0v) is 19.3. The van der Waals surface area contributed by atoms with Gasteiger partial charge in [-0.15, -0.1) is 0 Å². The van der Waals surface area contributed by atoms with Crippen molar-refractivity contribution in [3.8, 4) is 5.75 Å². The predicted octanol–water partition coefficient (Wildman–Crippen LogP) is 5.32. The van der Waals surface area contributed by atoms with Crippen LogP contribution in [0.3, 0.4) is 0 Å². The standard InChI is InChI=1S/C24H21Cl2N3O4/c1-12(2)33-20-11-13(22(27)30)6-8-15(20)24(21-16(25)4-3-5-17(21)26)28-18-9-7-14(23(31)32)10-19(18)29-24/h3-12,28-29H,1-2H3,(H2,27,30)(H,31,32). The highest BCUT2D eigenvalue weighted by Crippen LogP contribution is 2.50. The zero-order valence-electron chi connectivity index (χ0n) is 17.8. The lowest BCUT2D eigenvalue weighted by atomic mass is 9.89. The summed E-state index contributed by atoms with van der Waals surface area (Å²) in [5.74, 6) is -1.26. The molecule has 1 aliphatic rings. The average molecular weight is 486 g/mol. The number of hydrogen-bond donors (Lipinski definition) is 4. The highest BCUT2D eigenvalue weighted by atomic mass is 35.5. The Morgan fingerprint density at radius 2 is 1.61 bits per heavy atom. The van der Waals surface area contributed by atoms with E-state index in [0.717, 1.165) is 0 Å². The summed E-state index contributed by atoms with van der Waals surface area (Å²) < 4.78 is 6.07. The van der Waals surface area contributed by atoms with Crippen LogP contribution in [0, 0.1) is 0 Å². The van der Waals surface area contributed by atoms with Gasteiger partial charge in [0.05, 0.1) is 23.0 Å². The van der Waals surface area contributed by atoms with Crippen molar-refractivity contribution >= 4 is 46.5 Å². The molecule has 0 saturated carbocycles. The first-order valence-corrected chi connectivity index (χ1v) is 10.9. The Hall–Kier alpha value is -3.42. The molecule has 5 N–H and O–H groups in total. The number of carbonyl (C=O) groups excluding carboxylic acids is 1. The molecule has 1 heterocycles. The Kier molecular flexibility index (Phi) is 5.86. The lowest BCUT2D eigenvalue weighted by molar-refractivity contribution is 0.0696. The van der Waals surface area contributed by atoms with Gasteiger partial charge in [-0.2, -0.15) is 0 Å². The van der Waals surface area contributed by atoms with Gasteiger partial charge in [-0.25, -0.2) is 4.79 Å². The lowest BCUT2D eigenvalue weighted by Crippen LogP contribution is -2.41. The monoisotopic (exact) mass is 485 g/mol. The number of halogens is 2. The van der Waals surface area contributed by atoms with Crippen molar-refractivity contribution in [2.75, 3.05) is 10.6 Å². The number of primary amides is 1. The molecule has 0 aliphatic carbocycles. The molecule has 1 atom stereocenters. The van der Waals surface area contributed by atoms with Crippen LogP contribution in [0.15, 0.2) is 54.6 Å². The van der Waals surface area contributed by atoms with Crippen LogP contribution in [0.4, 0.5) is 11.4 Å². The van der Waals surface area contributed by atoms with Gasteiger partial charge in [0, 0.05) is 26.7 Å². The molecule has 170 valence electrons. The minimum Gasteiger partial charge on any atom is -0.491 e. The number of rotatable bonds is 6. The van der Waals surface area contributed by atoms with Gasteiger partial charge in [-0.3, -0.25) is 4.79 Å². The van der Waals surface area contributed by atoms with E-state index in [1.165, 1.54) is 12.1 Å². The highest BCUT2D eigenvalue weighted by molar-refractivity contribution is 6.36. The number of aromatic carboxylic acids is 1. The van der Waals surface area contributed by atoms with E-state index in [4.69, 9.17) is 33.7 Å². The largest absolute Gasteiger partial charge is 0.491 e. The van der Waals surface area contributed by atoms with E-state index in [2.05, 4.69) is 10.6 Å². The first kappa shape index (κ1) is 22.8. The number of nitrogens with two attached hydrogens (primary N) is 1. The second-order valence-electron chi connectivity index (χ2n) is 7.90. The first-order chi connectivity index (χ1) is 15.6. The van der Waals surface area contributed by atoms with Crippen molar-refractivity contribution in [3.63, 3.8) is 0 Å². The number of ether oxygens (including phenoxy) is 1. The molecule has 0 saturated heterocycles. The van der Waals surface area contributed by atoms with E-state index in [1.54, 1.807) is 42.5 Å². The molecule has 0 bridgehead atoms. The molecule has 0 aromatic heterocycles. The van der Waals surface area contributed by atoms with E-state index in [0.29, 0.717) is 38.3 Å². The zero-order chi connectivity index (χ0) is 23.9. The quantitative estimate of drug-likeness (QED) is 0.375. The van der Waals surface area contributed by atoms with Crippen molar-refractivity contribution in [3.05, 3.63) is 86.9 Å². The maximum absolute atomic E-state index is 11.8. The summed E-state index contributed by atoms with van der Waals surface area (Å²) in [6.45, 7) is 3.72. The minimum absolute atomic E-state index is 0.117. The van der Waals surface area contributed by atoms with E-state index < -0.39 is 17.5 Å². The summed E-state index contributed by atoms with van der Waals surface area (Å²) >= 11 is 13.3. The van der Waals surface area contributed by atoms with E-state index >= 15 is 0 Å². The third-order valence-corrected chi connectivity index (χ3v) is 5.91. The van der Waals surface area contributed by atoms with Crippen LogP contribution in [0.2, 0.25) is 10.0 Å². The van der Waals surface area contributed by atoms with Crippen LogP contribution in [-0.2, 0) is 5.66 Å². The van der Waals surface area contributed by atoms with Gasteiger partial charge in [-0.1, -0.05) is 29.3 Å². The first-order valence-electron chi connectivity index (χ1n) is 10.1. The Labute approximate surface area is 200 Å². The smallest absolute Gasteiger partial charge is 0.335 e. The maximum atomic E-state index is 11.8. The summed E-state index contributed by atoms with van der Waals surface area (Å²) in [5, 5.41) is 17.0. The third-order valence-electron chi connectivity index (χ3n) is 5.28. The number of benzene rings is 3. The number of anilines is 2. The number of carbonyl (C=O) groups is 2. The van der Waals surface area contributed by atoms with Crippen molar-refractivity contribution in [1.82, 2.24) is 0 Å². The van der Waals surface area contributed by atoms with Gasteiger partial charge in [0.2, 0.25) is 5.91 Å². The summed E-state index contributed by atoms with van der Waals surface area (Å²) in [6, 6.07) is 14.7. The summed E-state index contributed by atoms with van der Waals surface area (Å²) in [6.07, 6.45) is -0.215. The number of nitrogens with one attached hydrogen (secondary N) is 2. The molecule has 1 unspecified atom stereocenters. The maximum Gasteiger partial charge on any atom is 0.335 e. The molecule has 4 rings (SSSR count). The SMILES string of the molecule is CC(C)Oc1cc(C(N)=O)ccc1C1(c2c(Cl)cccc2Cl)Nc2ccc(C(=O)O)cc2N1. The van der Waals surface area contributed by atoms with E-state index in [1.807, 2.05) is 13.8 Å². The van der Waals surface area contributed by atoms with Crippen LogP contribution in [0.1, 0.15) is 45.7 Å².